The zero-order valence-electron chi connectivity index (χ0n) is 45.1. The summed E-state index contributed by atoms with van der Waals surface area (Å²) in [5.74, 6) is 0.893. The lowest BCUT2D eigenvalue weighted by atomic mass is 10.3. The highest BCUT2D eigenvalue weighted by Crippen LogP contribution is 2.36. The van der Waals surface area contributed by atoms with E-state index in [9.17, 15) is 28.8 Å². The van der Waals surface area contributed by atoms with Gasteiger partial charge in [-0.15, -0.1) is 0 Å². The molecular formula is C69H69O12S3+3. The van der Waals surface area contributed by atoms with Gasteiger partial charge < -0.3 is 28.4 Å². The minimum atomic E-state index is -0.499. The van der Waals surface area contributed by atoms with Crippen LogP contribution < -0.4 is 28.4 Å². The van der Waals surface area contributed by atoms with Gasteiger partial charge in [-0.1, -0.05) is 76.9 Å². The molecule has 0 aromatic heterocycles. The molecule has 12 nitrogen and oxygen atoms in total. The Hall–Kier alpha value is -9.15. The number of carbonyl (C=O) groups is 6. The van der Waals surface area contributed by atoms with Crippen LogP contribution in [0.2, 0.25) is 0 Å². The fourth-order valence-electron chi connectivity index (χ4n) is 7.75. The summed E-state index contributed by atoms with van der Waals surface area (Å²) in [5, 5.41) is 0. The van der Waals surface area contributed by atoms with Crippen LogP contribution in [0.15, 0.2) is 281 Å². The van der Waals surface area contributed by atoms with Crippen LogP contribution in [0.3, 0.4) is 0 Å². The van der Waals surface area contributed by atoms with E-state index in [1.807, 2.05) is 115 Å². The molecule has 0 aliphatic carbocycles. The van der Waals surface area contributed by atoms with E-state index >= 15 is 0 Å². The highest BCUT2D eigenvalue weighted by molar-refractivity contribution is 7.97. The molecule has 0 fully saturated rings. The molecule has 0 radical (unpaired) electrons. The normalized spacial score (nSPS) is 10.1. The minimum Gasteiger partial charge on any atom is -0.427 e. The largest absolute Gasteiger partial charge is 0.427 e. The lowest BCUT2D eigenvalue weighted by molar-refractivity contribution is -0.132. The van der Waals surface area contributed by atoms with Crippen molar-refractivity contribution in [3.8, 4) is 34.5 Å². The van der Waals surface area contributed by atoms with E-state index in [1.54, 1.807) is 60.7 Å². The molecule has 9 aromatic carbocycles. The molecule has 0 aliphatic heterocycles. The summed E-state index contributed by atoms with van der Waals surface area (Å²) in [4.78, 5) is 77.0. The summed E-state index contributed by atoms with van der Waals surface area (Å²) in [5.41, 5.74) is 0. The molecule has 9 aromatic rings. The third-order valence-electron chi connectivity index (χ3n) is 10.9. The molecule has 432 valence electrons. The zero-order valence-corrected chi connectivity index (χ0v) is 47.6. The van der Waals surface area contributed by atoms with Gasteiger partial charge in [0.2, 0.25) is 0 Å². The lowest BCUT2D eigenvalue weighted by Crippen LogP contribution is -2.07. The average Bonchev–Trinajstić information content (AvgIpc) is 3.66. The second kappa shape index (κ2) is 33.7. The van der Waals surface area contributed by atoms with Crippen molar-refractivity contribution >= 4 is 68.5 Å². The van der Waals surface area contributed by atoms with Crippen molar-refractivity contribution in [3.05, 3.63) is 237 Å². The van der Waals surface area contributed by atoms with E-state index in [0.717, 1.165) is 29.4 Å². The summed E-state index contributed by atoms with van der Waals surface area (Å²) in [6.45, 7) is 8.24. The van der Waals surface area contributed by atoms with Gasteiger partial charge >= 0.3 is 35.8 Å². The molecule has 0 spiro atoms. The number of rotatable bonds is 15. The first-order chi connectivity index (χ1) is 39.1. The Kier molecular flexibility index (Phi) is 27.0. The third kappa shape index (κ3) is 20.7. The molecule has 0 N–H and O–H groups in total. The molecule has 0 heterocycles. The minimum absolute atomic E-state index is 0. The summed E-state index contributed by atoms with van der Waals surface area (Å²) < 4.78 is 30.8. The topological polar surface area (TPSA) is 158 Å². The van der Waals surface area contributed by atoms with Crippen molar-refractivity contribution in [2.75, 3.05) is 0 Å². The molecule has 0 saturated heterocycles. The molecule has 84 heavy (non-hydrogen) atoms. The van der Waals surface area contributed by atoms with Gasteiger partial charge in [-0.2, -0.15) is 0 Å². The molecule has 0 bridgehead atoms. The fourth-order valence-corrected chi connectivity index (χ4v) is 13.9. The second-order valence-corrected chi connectivity index (χ2v) is 23.3. The zero-order chi connectivity index (χ0) is 57.7. The van der Waals surface area contributed by atoms with Gasteiger partial charge in [0.1, 0.15) is 34.5 Å². The smallest absolute Gasteiger partial charge is 0.308 e. The van der Waals surface area contributed by atoms with Crippen LogP contribution in [0.1, 0.15) is 63.8 Å². The molecule has 0 saturated carbocycles. The van der Waals surface area contributed by atoms with Crippen LogP contribution in [-0.4, -0.2) is 35.8 Å². The molecule has 0 atom stereocenters. The van der Waals surface area contributed by atoms with E-state index in [4.69, 9.17) is 28.4 Å². The number of benzene rings is 9. The van der Waals surface area contributed by atoms with Crippen LogP contribution in [0.4, 0.5) is 0 Å². The van der Waals surface area contributed by atoms with Gasteiger partial charge in [0.25, 0.3) is 0 Å². The first-order valence-corrected chi connectivity index (χ1v) is 28.8. The molecular weight excluding hydrogens is 1120 g/mol. The van der Waals surface area contributed by atoms with E-state index in [0.29, 0.717) is 34.5 Å². The van der Waals surface area contributed by atoms with Gasteiger partial charge in [0, 0.05) is 41.5 Å². The van der Waals surface area contributed by atoms with Gasteiger partial charge in [0.05, 0.1) is 32.7 Å². The Morgan fingerprint density at radius 3 is 0.440 bits per heavy atom. The summed E-state index contributed by atoms with van der Waals surface area (Å²) in [7, 11) is -1.01. The maximum absolute atomic E-state index is 11.2. The number of hydrogen-bond donors (Lipinski definition) is 0. The SMILES string of the molecule is C.C.C.CC(=O)Oc1ccc([S+](c2ccc(OC(C)=O)cc2)c2ccc(OC(C)=O)cc2)cc1.CC(=O)Oc1ccc([S+](c2ccccc2)c2ccc(OC(C)=O)cc2)cc1.CC(=O)Oc1ccc([S+](c2ccccc2)c2ccccc2)cc1. The lowest BCUT2D eigenvalue weighted by Gasteiger charge is -2.10. The van der Waals surface area contributed by atoms with E-state index in [1.165, 1.54) is 56.2 Å². The maximum atomic E-state index is 11.2. The molecule has 9 rings (SSSR count). The van der Waals surface area contributed by atoms with Gasteiger partial charge in [-0.3, -0.25) is 28.8 Å². The van der Waals surface area contributed by atoms with Gasteiger partial charge in [0.15, 0.2) is 44.1 Å². The number of esters is 6. The fraction of sp³-hybridized carbons (Fsp3) is 0.130. The van der Waals surface area contributed by atoms with Crippen LogP contribution >= 0.6 is 0 Å². The molecule has 15 heteroatoms. The molecule has 0 amide bonds. The van der Waals surface area contributed by atoms with Crippen LogP contribution in [-0.2, 0) is 61.5 Å². The number of ether oxygens (including phenoxy) is 6. The number of hydrogen-bond acceptors (Lipinski definition) is 12. The third-order valence-corrected chi connectivity index (χ3v) is 17.6. The Morgan fingerprint density at radius 2 is 0.321 bits per heavy atom. The predicted octanol–water partition coefficient (Wildman–Crippen LogP) is 15.8. The van der Waals surface area contributed by atoms with Crippen LogP contribution in [0.25, 0.3) is 0 Å². The van der Waals surface area contributed by atoms with Crippen molar-refractivity contribution in [1.82, 2.24) is 0 Å². The van der Waals surface area contributed by atoms with E-state index in [2.05, 4.69) is 60.7 Å². The van der Waals surface area contributed by atoms with Gasteiger partial charge in [-0.25, -0.2) is 0 Å². The molecule has 0 unspecified atom stereocenters. The second-order valence-electron chi connectivity index (χ2n) is 17.2. The first-order valence-electron chi connectivity index (χ1n) is 25.2. The average molecular weight is 1190 g/mol. The molecule has 0 aliphatic rings. The van der Waals surface area contributed by atoms with E-state index in [-0.39, 0.29) is 79.9 Å². The standard InChI is InChI=1S/C24H21O6S.C22H19O4S.C20H17O2S.3CH4/c1-16(25)28-19-4-10-22(11-5-19)31(23-12-6-20(7-13-23)29-17(2)26)24-14-8-21(9-15-24)30-18(3)27;1-16(23)25-18-8-12-21(13-9-18)27(20-6-4-3-5-7-20)22-14-10-19(11-15-22)26-17(2)24;1-16(21)22-17-12-14-20(15-13-17)23(18-8-4-2-5-9-18)19-10-6-3-7-11-19;;;/h4-15H,1-3H3;3-15H,1-2H3;2-15H,1H3;3*1H4/q3*+1;;;. The highest BCUT2D eigenvalue weighted by Gasteiger charge is 2.31. The Bertz CT molecular complexity index is 3270. The summed E-state index contributed by atoms with van der Waals surface area (Å²) >= 11 is 0. The monoisotopic (exact) mass is 1190 g/mol. The van der Waals surface area contributed by atoms with Crippen molar-refractivity contribution in [1.29, 1.82) is 0 Å². The van der Waals surface area contributed by atoms with Crippen molar-refractivity contribution in [2.45, 2.75) is 108 Å². The highest BCUT2D eigenvalue weighted by atomic mass is 32.2. The summed E-state index contributed by atoms with van der Waals surface area (Å²) in [6.07, 6.45) is 0. The number of carbonyl (C=O) groups excluding carboxylic acids is 6. The quantitative estimate of drug-likeness (QED) is 0.0544. The van der Waals surface area contributed by atoms with Crippen molar-refractivity contribution in [3.63, 3.8) is 0 Å². The Morgan fingerprint density at radius 1 is 0.202 bits per heavy atom. The van der Waals surface area contributed by atoms with Gasteiger partial charge in [-0.05, 0) is 182 Å². The van der Waals surface area contributed by atoms with Crippen LogP contribution in [0.5, 0.6) is 34.5 Å². The van der Waals surface area contributed by atoms with Crippen molar-refractivity contribution in [2.24, 2.45) is 0 Å². The predicted molar refractivity (Wildman–Crippen MR) is 333 cm³/mol. The van der Waals surface area contributed by atoms with Crippen molar-refractivity contribution < 1.29 is 57.2 Å². The Labute approximate surface area is 501 Å². The maximum Gasteiger partial charge on any atom is 0.308 e. The Balaban J connectivity index is 0.000000268. The van der Waals surface area contributed by atoms with E-state index < -0.39 is 10.9 Å². The summed E-state index contributed by atoms with van der Waals surface area (Å²) in [6, 6.07) is 75.8. The first kappa shape index (κ1) is 67.4. The van der Waals surface area contributed by atoms with Crippen LogP contribution in [0, 0.1) is 0 Å².